The molecule has 2 amide bonds. The molecule has 0 aliphatic carbocycles. The SMILES string of the molecule is CC(=O)N1CCCN(C(=O)CSCC(=O)O)CC1. The number of carbonyl (C=O) groups excluding carboxylic acids is 2. The molecule has 7 heteroatoms. The molecule has 0 bridgehead atoms. The number of amides is 2. The first kappa shape index (κ1) is 14.8. The third-order valence-corrected chi connectivity index (χ3v) is 3.65. The van der Waals surface area contributed by atoms with E-state index in [4.69, 9.17) is 5.11 Å². The summed E-state index contributed by atoms with van der Waals surface area (Å²) in [5, 5.41) is 8.49. The Bertz CT molecular complexity index is 335. The van der Waals surface area contributed by atoms with Crippen LogP contribution in [0, 0.1) is 0 Å². The van der Waals surface area contributed by atoms with Crippen LogP contribution >= 0.6 is 11.8 Å². The van der Waals surface area contributed by atoms with E-state index < -0.39 is 5.97 Å². The highest BCUT2D eigenvalue weighted by atomic mass is 32.2. The lowest BCUT2D eigenvalue weighted by Crippen LogP contribution is -2.37. The highest BCUT2D eigenvalue weighted by Gasteiger charge is 2.20. The predicted molar refractivity (Wildman–Crippen MR) is 68.4 cm³/mol. The summed E-state index contributed by atoms with van der Waals surface area (Å²) in [5.41, 5.74) is 0. The molecule has 1 aliphatic rings. The average molecular weight is 274 g/mol. The van der Waals surface area contributed by atoms with Gasteiger partial charge in [-0.2, -0.15) is 0 Å². The summed E-state index contributed by atoms with van der Waals surface area (Å²) in [6, 6.07) is 0. The summed E-state index contributed by atoms with van der Waals surface area (Å²) in [7, 11) is 0. The number of aliphatic carboxylic acids is 1. The van der Waals surface area contributed by atoms with Crippen LogP contribution in [0.4, 0.5) is 0 Å². The second-order valence-electron chi connectivity index (χ2n) is 4.13. The molecule has 1 aliphatic heterocycles. The molecule has 0 saturated carbocycles. The minimum absolute atomic E-state index is 0.0320. The molecule has 0 spiro atoms. The third kappa shape index (κ3) is 4.95. The van der Waals surface area contributed by atoms with Gasteiger partial charge < -0.3 is 14.9 Å². The monoisotopic (exact) mass is 274 g/mol. The van der Waals surface area contributed by atoms with Gasteiger partial charge in [-0.05, 0) is 6.42 Å². The van der Waals surface area contributed by atoms with E-state index in [9.17, 15) is 14.4 Å². The number of nitrogens with zero attached hydrogens (tertiary/aromatic N) is 2. The quantitative estimate of drug-likeness (QED) is 0.773. The second-order valence-corrected chi connectivity index (χ2v) is 5.11. The van der Waals surface area contributed by atoms with Crippen molar-refractivity contribution in [3.05, 3.63) is 0 Å². The second kappa shape index (κ2) is 7.25. The maximum Gasteiger partial charge on any atom is 0.313 e. The molecule has 0 aromatic carbocycles. The van der Waals surface area contributed by atoms with Crippen molar-refractivity contribution < 1.29 is 19.5 Å². The number of carboxylic acids is 1. The zero-order valence-corrected chi connectivity index (χ0v) is 11.2. The van der Waals surface area contributed by atoms with Crippen LogP contribution in [0.5, 0.6) is 0 Å². The van der Waals surface area contributed by atoms with Crippen LogP contribution in [-0.4, -0.2) is 70.4 Å². The largest absolute Gasteiger partial charge is 0.481 e. The number of carbonyl (C=O) groups is 3. The Morgan fingerprint density at radius 1 is 1.06 bits per heavy atom. The standard InChI is InChI=1S/C11H18N2O4S/c1-9(14)12-3-2-4-13(6-5-12)10(15)7-18-8-11(16)17/h2-8H2,1H3,(H,16,17). The first-order chi connectivity index (χ1) is 8.50. The summed E-state index contributed by atoms with van der Waals surface area (Å²) in [6.07, 6.45) is 0.773. The fourth-order valence-electron chi connectivity index (χ4n) is 1.80. The van der Waals surface area contributed by atoms with E-state index in [2.05, 4.69) is 0 Å². The lowest BCUT2D eigenvalue weighted by atomic mass is 10.4. The molecule has 1 N–H and O–H groups in total. The van der Waals surface area contributed by atoms with Crippen LogP contribution in [0.25, 0.3) is 0 Å². The minimum atomic E-state index is -0.911. The maximum atomic E-state index is 11.8. The fourth-order valence-corrected chi connectivity index (χ4v) is 2.43. The highest BCUT2D eigenvalue weighted by molar-refractivity contribution is 8.00. The molecule has 1 saturated heterocycles. The summed E-state index contributed by atoms with van der Waals surface area (Å²) < 4.78 is 0. The van der Waals surface area contributed by atoms with Gasteiger partial charge in [-0.3, -0.25) is 14.4 Å². The van der Waals surface area contributed by atoms with E-state index in [0.29, 0.717) is 26.2 Å². The lowest BCUT2D eigenvalue weighted by molar-refractivity contribution is -0.134. The van der Waals surface area contributed by atoms with Crippen LogP contribution in [0.2, 0.25) is 0 Å². The van der Waals surface area contributed by atoms with Gasteiger partial charge >= 0.3 is 5.97 Å². The predicted octanol–water partition coefficient (Wildman–Crippen LogP) is -0.115. The molecule has 0 radical (unpaired) electrons. The number of hydrogen-bond acceptors (Lipinski definition) is 4. The van der Waals surface area contributed by atoms with E-state index >= 15 is 0 Å². The van der Waals surface area contributed by atoms with Gasteiger partial charge in [0.05, 0.1) is 11.5 Å². The van der Waals surface area contributed by atoms with E-state index in [1.807, 2.05) is 0 Å². The van der Waals surface area contributed by atoms with Gasteiger partial charge in [0.1, 0.15) is 0 Å². The van der Waals surface area contributed by atoms with Gasteiger partial charge in [0.2, 0.25) is 11.8 Å². The van der Waals surface area contributed by atoms with E-state index in [1.165, 1.54) is 6.92 Å². The fraction of sp³-hybridized carbons (Fsp3) is 0.727. The molecule has 1 rings (SSSR count). The molecule has 102 valence electrons. The third-order valence-electron chi connectivity index (χ3n) is 2.75. The Kier molecular flexibility index (Phi) is 5.97. The molecule has 1 fully saturated rings. The summed E-state index contributed by atoms with van der Waals surface area (Å²) >= 11 is 1.11. The molecular formula is C11H18N2O4S. The first-order valence-corrected chi connectivity index (χ1v) is 6.99. The van der Waals surface area contributed by atoms with Crippen molar-refractivity contribution in [1.82, 2.24) is 9.80 Å². The zero-order chi connectivity index (χ0) is 13.5. The molecule has 0 aromatic heterocycles. The van der Waals surface area contributed by atoms with Crippen LogP contribution in [0.3, 0.4) is 0 Å². The topological polar surface area (TPSA) is 77.9 Å². The number of hydrogen-bond donors (Lipinski definition) is 1. The first-order valence-electron chi connectivity index (χ1n) is 5.83. The molecule has 1 heterocycles. The number of rotatable bonds is 4. The Labute approximate surface area is 110 Å². The van der Waals surface area contributed by atoms with Crippen LogP contribution in [0.15, 0.2) is 0 Å². The zero-order valence-electron chi connectivity index (χ0n) is 10.4. The van der Waals surface area contributed by atoms with Crippen LogP contribution in [-0.2, 0) is 14.4 Å². The van der Waals surface area contributed by atoms with Gasteiger partial charge in [0.25, 0.3) is 0 Å². The summed E-state index contributed by atoms with van der Waals surface area (Å²) in [5.74, 6) is -0.798. The van der Waals surface area contributed by atoms with Gasteiger partial charge in [0, 0.05) is 33.1 Å². The van der Waals surface area contributed by atoms with Crippen molar-refractivity contribution in [2.24, 2.45) is 0 Å². The highest BCUT2D eigenvalue weighted by Crippen LogP contribution is 2.07. The molecule has 0 unspecified atom stereocenters. The van der Waals surface area contributed by atoms with E-state index in [-0.39, 0.29) is 23.3 Å². The summed E-state index contributed by atoms with van der Waals surface area (Å²) in [4.78, 5) is 36.8. The Hall–Kier alpha value is -1.24. The average Bonchev–Trinajstić information content (AvgIpc) is 2.53. The molecule has 18 heavy (non-hydrogen) atoms. The summed E-state index contributed by atoms with van der Waals surface area (Å²) in [6.45, 7) is 3.94. The van der Waals surface area contributed by atoms with E-state index in [1.54, 1.807) is 9.80 Å². The van der Waals surface area contributed by atoms with E-state index in [0.717, 1.165) is 18.2 Å². The Morgan fingerprint density at radius 2 is 1.67 bits per heavy atom. The lowest BCUT2D eigenvalue weighted by Gasteiger charge is -2.21. The van der Waals surface area contributed by atoms with Gasteiger partial charge in [0.15, 0.2) is 0 Å². The number of carboxylic acid groups (broad SMARTS) is 1. The maximum absolute atomic E-state index is 11.8. The minimum Gasteiger partial charge on any atom is -0.481 e. The molecule has 0 aromatic rings. The number of thioether (sulfide) groups is 1. The Balaban J connectivity index is 2.35. The Morgan fingerprint density at radius 3 is 2.28 bits per heavy atom. The van der Waals surface area contributed by atoms with Crippen molar-refractivity contribution in [3.8, 4) is 0 Å². The molecular weight excluding hydrogens is 256 g/mol. The molecule has 0 atom stereocenters. The normalized spacial score (nSPS) is 16.3. The van der Waals surface area contributed by atoms with Crippen LogP contribution in [0.1, 0.15) is 13.3 Å². The van der Waals surface area contributed by atoms with Crippen molar-refractivity contribution in [3.63, 3.8) is 0 Å². The van der Waals surface area contributed by atoms with Gasteiger partial charge in [-0.15, -0.1) is 11.8 Å². The van der Waals surface area contributed by atoms with Gasteiger partial charge in [-0.1, -0.05) is 0 Å². The van der Waals surface area contributed by atoms with Crippen LogP contribution < -0.4 is 0 Å². The van der Waals surface area contributed by atoms with Crippen molar-refractivity contribution >= 4 is 29.5 Å². The molecule has 6 nitrogen and oxygen atoms in total. The smallest absolute Gasteiger partial charge is 0.313 e. The van der Waals surface area contributed by atoms with Crippen molar-refractivity contribution in [2.75, 3.05) is 37.7 Å². The van der Waals surface area contributed by atoms with Gasteiger partial charge in [-0.25, -0.2) is 0 Å². The van der Waals surface area contributed by atoms with Crippen molar-refractivity contribution in [1.29, 1.82) is 0 Å². The van der Waals surface area contributed by atoms with Crippen molar-refractivity contribution in [2.45, 2.75) is 13.3 Å².